The molecule has 0 aliphatic rings. The number of amides is 2. The monoisotopic (exact) mass is 470 g/mol. The van der Waals surface area contributed by atoms with Crippen LogP contribution in [0.4, 0.5) is 9.59 Å². The van der Waals surface area contributed by atoms with E-state index < -0.39 is 23.9 Å². The van der Waals surface area contributed by atoms with Crippen LogP contribution in [0.3, 0.4) is 0 Å². The quantitative estimate of drug-likeness (QED) is 0.302. The van der Waals surface area contributed by atoms with Crippen molar-refractivity contribution in [3.8, 4) is 0 Å². The number of Topliss-reactive ketones (excluding diaryl/α,β-unsaturated/α-hetero) is 1. The summed E-state index contributed by atoms with van der Waals surface area (Å²) in [5.74, 6) is -1.02. The predicted molar refractivity (Wildman–Crippen MR) is 123 cm³/mol. The molecule has 0 aliphatic heterocycles. The van der Waals surface area contributed by atoms with Gasteiger partial charge in [-0.25, -0.2) is 9.59 Å². The highest BCUT2D eigenvalue weighted by Gasteiger charge is 2.32. The summed E-state index contributed by atoms with van der Waals surface area (Å²) in [5.41, 5.74) is 0.367. The van der Waals surface area contributed by atoms with Crippen molar-refractivity contribution in [1.29, 1.82) is 0 Å². The molecule has 0 heterocycles. The summed E-state index contributed by atoms with van der Waals surface area (Å²) in [6.07, 6.45) is -1.71. The number of rotatable bonds is 11. The fourth-order valence-electron chi connectivity index (χ4n) is 2.71. The van der Waals surface area contributed by atoms with Crippen molar-refractivity contribution in [2.24, 2.45) is 0 Å². The van der Waals surface area contributed by atoms with E-state index in [1.807, 2.05) is 60.7 Å². The average molecular weight is 471 g/mol. The van der Waals surface area contributed by atoms with Crippen molar-refractivity contribution in [1.82, 2.24) is 10.2 Å². The highest BCUT2D eigenvalue weighted by Crippen LogP contribution is 2.17. The smallest absolute Gasteiger partial charge is 0.412 e. The topological polar surface area (TPSA) is 111 Å². The Morgan fingerprint density at radius 3 is 1.91 bits per heavy atom. The second kappa shape index (κ2) is 13.0. The summed E-state index contributed by atoms with van der Waals surface area (Å²) in [7, 11) is 1.46. The first-order valence-electron chi connectivity index (χ1n) is 10.8. The van der Waals surface area contributed by atoms with Gasteiger partial charge in [-0.15, -0.1) is 0 Å². The third kappa shape index (κ3) is 9.32. The Kier molecular flexibility index (Phi) is 10.1. The summed E-state index contributed by atoms with van der Waals surface area (Å²) < 4.78 is 15.6. The van der Waals surface area contributed by atoms with Gasteiger partial charge < -0.3 is 19.5 Å². The van der Waals surface area contributed by atoms with Gasteiger partial charge in [-0.2, -0.15) is 0 Å². The minimum absolute atomic E-state index is 0.0866. The lowest BCUT2D eigenvalue weighted by molar-refractivity contribution is -0.171. The van der Waals surface area contributed by atoms with E-state index in [-0.39, 0.29) is 38.4 Å². The maximum Gasteiger partial charge on any atom is 0.412 e. The van der Waals surface area contributed by atoms with E-state index in [0.717, 1.165) is 11.1 Å². The molecule has 0 fully saturated rings. The van der Waals surface area contributed by atoms with Gasteiger partial charge in [-0.3, -0.25) is 14.5 Å². The third-order valence-corrected chi connectivity index (χ3v) is 4.90. The highest BCUT2D eigenvalue weighted by atomic mass is 16.6. The molecule has 2 rings (SSSR count). The van der Waals surface area contributed by atoms with Gasteiger partial charge in [0.25, 0.3) is 0 Å². The Hall–Kier alpha value is -3.88. The Morgan fingerprint density at radius 1 is 0.824 bits per heavy atom. The van der Waals surface area contributed by atoms with Crippen LogP contribution in [0.1, 0.15) is 37.8 Å². The molecular weight excluding hydrogens is 440 g/mol. The Bertz CT molecular complexity index is 962. The van der Waals surface area contributed by atoms with Crippen LogP contribution in [0.25, 0.3) is 0 Å². The number of ketones is 1. The highest BCUT2D eigenvalue weighted by molar-refractivity contribution is 5.86. The molecule has 182 valence electrons. The van der Waals surface area contributed by atoms with Crippen molar-refractivity contribution < 1.29 is 33.4 Å². The molecule has 0 saturated carbocycles. The maximum atomic E-state index is 12.3. The molecule has 9 heteroatoms. The molecule has 2 amide bonds. The minimum Gasteiger partial charge on any atom is -0.445 e. The van der Waals surface area contributed by atoms with Gasteiger partial charge in [0.1, 0.15) is 13.2 Å². The van der Waals surface area contributed by atoms with Crippen LogP contribution in [0.2, 0.25) is 0 Å². The Labute approximate surface area is 199 Å². The zero-order valence-corrected chi connectivity index (χ0v) is 19.6. The summed E-state index contributed by atoms with van der Waals surface area (Å²) in [6, 6.07) is 18.3. The first-order chi connectivity index (χ1) is 16.2. The molecule has 0 radical (unpaired) electrons. The molecule has 2 aromatic carbocycles. The molecule has 9 nitrogen and oxygen atoms in total. The van der Waals surface area contributed by atoms with E-state index in [1.165, 1.54) is 11.9 Å². The molecule has 0 atom stereocenters. The van der Waals surface area contributed by atoms with Crippen LogP contribution in [0, 0.1) is 0 Å². The second-order valence-corrected chi connectivity index (χ2v) is 7.97. The molecule has 1 N–H and O–H groups in total. The van der Waals surface area contributed by atoms with Crippen LogP contribution >= 0.6 is 0 Å². The van der Waals surface area contributed by atoms with Gasteiger partial charge >= 0.3 is 18.2 Å². The fourth-order valence-corrected chi connectivity index (χ4v) is 2.71. The van der Waals surface area contributed by atoms with E-state index in [0.29, 0.717) is 0 Å². The van der Waals surface area contributed by atoms with Crippen molar-refractivity contribution in [3.63, 3.8) is 0 Å². The number of hydrogen-bond donors (Lipinski definition) is 1. The molecule has 0 aliphatic carbocycles. The molecular formula is C25H30N2O7. The lowest BCUT2D eigenvalue weighted by Gasteiger charge is -2.34. The molecule has 0 spiro atoms. The van der Waals surface area contributed by atoms with Gasteiger partial charge in [0.05, 0.1) is 13.0 Å². The number of nitrogens with one attached hydrogen (secondary N) is 1. The number of carbonyl (C=O) groups is 4. The number of carbonyl (C=O) groups excluding carboxylic acids is 4. The molecule has 34 heavy (non-hydrogen) atoms. The zero-order chi connectivity index (χ0) is 25.0. The molecule has 2 aromatic rings. The van der Waals surface area contributed by atoms with E-state index in [2.05, 4.69) is 5.32 Å². The molecule has 0 bridgehead atoms. The third-order valence-electron chi connectivity index (χ3n) is 4.90. The Morgan fingerprint density at radius 2 is 1.35 bits per heavy atom. The zero-order valence-electron chi connectivity index (χ0n) is 19.6. The van der Waals surface area contributed by atoms with Crippen LogP contribution in [0.15, 0.2) is 60.7 Å². The first-order valence-corrected chi connectivity index (χ1v) is 10.8. The van der Waals surface area contributed by atoms with Gasteiger partial charge in [0.2, 0.25) is 0 Å². The predicted octanol–water partition coefficient (Wildman–Crippen LogP) is 3.81. The number of esters is 1. The summed E-state index contributed by atoms with van der Waals surface area (Å²) in [4.78, 5) is 49.4. The molecule has 0 unspecified atom stereocenters. The number of ether oxygens (including phenoxy) is 3. The number of nitrogens with zero attached hydrogens (tertiary/aromatic N) is 1. The Balaban J connectivity index is 1.67. The summed E-state index contributed by atoms with van der Waals surface area (Å²) in [5, 5.41) is 2.35. The summed E-state index contributed by atoms with van der Waals surface area (Å²) >= 11 is 0. The van der Waals surface area contributed by atoms with E-state index in [4.69, 9.17) is 14.2 Å². The second-order valence-electron chi connectivity index (χ2n) is 7.97. The van der Waals surface area contributed by atoms with Crippen molar-refractivity contribution in [2.45, 2.75) is 45.6 Å². The van der Waals surface area contributed by atoms with Crippen LogP contribution in [-0.4, -0.2) is 48.2 Å². The molecule has 0 saturated heterocycles. The lowest BCUT2D eigenvalue weighted by atomic mass is 10.2. The molecule has 0 aromatic heterocycles. The first kappa shape index (κ1) is 26.4. The van der Waals surface area contributed by atoms with Crippen molar-refractivity contribution in [2.75, 3.05) is 13.6 Å². The number of alkyl carbamates (subject to hydrolysis) is 1. The standard InChI is InChI=1S/C25H30N2O7/c1-25(2,27(3)24(31)33-18-20-12-8-5-9-13-20)34-22(29)15-14-21(28)16-26-23(30)32-17-19-10-6-4-7-11-19/h4-13H,14-18H2,1-3H3,(H,26,30). The summed E-state index contributed by atoms with van der Waals surface area (Å²) in [6.45, 7) is 2.99. The normalized spacial score (nSPS) is 10.7. The lowest BCUT2D eigenvalue weighted by Crippen LogP contribution is -2.48. The van der Waals surface area contributed by atoms with E-state index in [1.54, 1.807) is 13.8 Å². The van der Waals surface area contributed by atoms with Gasteiger partial charge in [0, 0.05) is 13.5 Å². The average Bonchev–Trinajstić information content (AvgIpc) is 2.84. The van der Waals surface area contributed by atoms with Gasteiger partial charge in [-0.05, 0) is 25.0 Å². The van der Waals surface area contributed by atoms with Gasteiger partial charge in [-0.1, -0.05) is 60.7 Å². The van der Waals surface area contributed by atoms with E-state index >= 15 is 0 Å². The minimum atomic E-state index is -1.28. The van der Waals surface area contributed by atoms with Crippen LogP contribution in [0.5, 0.6) is 0 Å². The van der Waals surface area contributed by atoms with E-state index in [9.17, 15) is 19.2 Å². The van der Waals surface area contributed by atoms with Crippen LogP contribution in [-0.2, 0) is 37.0 Å². The number of hydrogen-bond acceptors (Lipinski definition) is 7. The number of benzene rings is 2. The van der Waals surface area contributed by atoms with Crippen molar-refractivity contribution in [3.05, 3.63) is 71.8 Å². The largest absolute Gasteiger partial charge is 0.445 e. The maximum absolute atomic E-state index is 12.3. The fraction of sp³-hybridized carbons (Fsp3) is 0.360. The van der Waals surface area contributed by atoms with Crippen molar-refractivity contribution >= 4 is 23.9 Å². The van der Waals surface area contributed by atoms with Gasteiger partial charge in [0.15, 0.2) is 11.5 Å². The SMILES string of the molecule is CN(C(=O)OCc1ccccc1)C(C)(C)OC(=O)CCC(=O)CNC(=O)OCc1ccccc1. The van der Waals surface area contributed by atoms with Crippen LogP contribution < -0.4 is 5.32 Å².